The van der Waals surface area contributed by atoms with Crippen LogP contribution in [0.3, 0.4) is 0 Å². The van der Waals surface area contributed by atoms with Crippen molar-refractivity contribution in [3.05, 3.63) is 52.9 Å². The first-order valence-corrected chi connectivity index (χ1v) is 10.5. The maximum absolute atomic E-state index is 13.1. The highest BCUT2D eigenvalue weighted by molar-refractivity contribution is 7.97. The summed E-state index contributed by atoms with van der Waals surface area (Å²) in [6.45, 7) is 6.65. The second-order valence-electron chi connectivity index (χ2n) is 7.44. The van der Waals surface area contributed by atoms with Gasteiger partial charge in [0, 0.05) is 63.1 Å². The zero-order valence-corrected chi connectivity index (χ0v) is 16.9. The number of nitrogens with zero attached hydrogens (tertiary/aromatic N) is 5. The molecule has 8 heteroatoms. The van der Waals surface area contributed by atoms with Gasteiger partial charge in [-0.15, -0.1) is 0 Å². The van der Waals surface area contributed by atoms with Gasteiger partial charge in [-0.2, -0.15) is 4.91 Å². The molecule has 150 valence electrons. The van der Waals surface area contributed by atoms with Gasteiger partial charge in [0.1, 0.15) is 11.9 Å². The van der Waals surface area contributed by atoms with E-state index in [4.69, 9.17) is 0 Å². The lowest BCUT2D eigenvalue weighted by atomic mass is 10.2. The van der Waals surface area contributed by atoms with Crippen molar-refractivity contribution in [2.75, 3.05) is 50.7 Å². The molecule has 0 saturated carbocycles. The Labute approximate surface area is 169 Å². The topological polar surface area (TPSA) is 44.1 Å². The van der Waals surface area contributed by atoms with Gasteiger partial charge in [-0.1, -0.05) is 5.18 Å². The van der Waals surface area contributed by atoms with Crippen molar-refractivity contribution >= 4 is 17.6 Å². The van der Waals surface area contributed by atoms with Crippen LogP contribution < -0.4 is 4.90 Å². The SMILES string of the molecule is Cn1ccc2c1C(N=O)CN(CCCN1CCN(c3ccc(F)cc3)CC1)S2. The molecule has 1 aromatic heterocycles. The minimum Gasteiger partial charge on any atom is -0.369 e. The smallest absolute Gasteiger partial charge is 0.146 e. The molecule has 2 aliphatic rings. The number of aryl methyl sites for hydroxylation is 1. The predicted octanol–water partition coefficient (Wildman–Crippen LogP) is 3.51. The molecule has 1 atom stereocenters. The standard InChI is InChI=1S/C20H26FN5OS/c1-23-10-7-19-20(23)18(22-27)15-26(28-19)9-2-8-24-11-13-25(14-12-24)17-5-3-16(21)4-6-17/h3-7,10,18H,2,8-9,11-15H2,1H3. The highest BCUT2D eigenvalue weighted by Crippen LogP contribution is 2.38. The molecule has 1 saturated heterocycles. The quantitative estimate of drug-likeness (QED) is 0.546. The number of piperazine rings is 1. The molecule has 2 aromatic rings. The summed E-state index contributed by atoms with van der Waals surface area (Å²) in [5.74, 6) is -0.187. The van der Waals surface area contributed by atoms with Crippen LogP contribution in [-0.2, 0) is 7.05 Å². The number of benzene rings is 1. The van der Waals surface area contributed by atoms with Gasteiger partial charge in [-0.3, -0.25) is 4.90 Å². The van der Waals surface area contributed by atoms with Crippen molar-refractivity contribution in [1.82, 2.24) is 13.8 Å². The predicted molar refractivity (Wildman–Crippen MR) is 111 cm³/mol. The fraction of sp³-hybridized carbons (Fsp3) is 0.500. The van der Waals surface area contributed by atoms with Crippen molar-refractivity contribution < 1.29 is 4.39 Å². The van der Waals surface area contributed by atoms with E-state index >= 15 is 0 Å². The summed E-state index contributed by atoms with van der Waals surface area (Å²) < 4.78 is 17.4. The second kappa shape index (κ2) is 8.63. The van der Waals surface area contributed by atoms with Crippen LogP contribution >= 0.6 is 11.9 Å². The molecule has 1 fully saturated rings. The third kappa shape index (κ3) is 4.24. The van der Waals surface area contributed by atoms with Crippen LogP contribution in [0.25, 0.3) is 0 Å². The Balaban J connectivity index is 1.22. The van der Waals surface area contributed by atoms with Crippen LogP contribution in [0.2, 0.25) is 0 Å². The van der Waals surface area contributed by atoms with Crippen LogP contribution in [0.5, 0.6) is 0 Å². The van der Waals surface area contributed by atoms with Crippen LogP contribution in [0.4, 0.5) is 10.1 Å². The van der Waals surface area contributed by atoms with E-state index in [0.717, 1.165) is 62.0 Å². The summed E-state index contributed by atoms with van der Waals surface area (Å²) in [7, 11) is 1.97. The largest absolute Gasteiger partial charge is 0.369 e. The maximum atomic E-state index is 13.1. The lowest BCUT2D eigenvalue weighted by Gasteiger charge is -2.36. The first-order chi connectivity index (χ1) is 13.6. The third-order valence-corrected chi connectivity index (χ3v) is 6.71. The molecule has 3 heterocycles. The maximum Gasteiger partial charge on any atom is 0.146 e. The Bertz CT molecular complexity index is 803. The Hall–Kier alpha value is -1.90. The minimum atomic E-state index is -0.282. The summed E-state index contributed by atoms with van der Waals surface area (Å²) >= 11 is 1.74. The number of anilines is 1. The van der Waals surface area contributed by atoms with E-state index in [1.54, 1.807) is 11.9 Å². The van der Waals surface area contributed by atoms with Gasteiger partial charge in [-0.25, -0.2) is 8.70 Å². The van der Waals surface area contributed by atoms with Crippen LogP contribution in [0.15, 0.2) is 46.6 Å². The van der Waals surface area contributed by atoms with Crippen molar-refractivity contribution in [2.24, 2.45) is 12.2 Å². The Morgan fingerprint density at radius 3 is 2.57 bits per heavy atom. The van der Waals surface area contributed by atoms with Crippen LogP contribution in [0, 0.1) is 10.7 Å². The minimum absolute atomic E-state index is 0.187. The number of rotatable bonds is 6. The van der Waals surface area contributed by atoms with Crippen molar-refractivity contribution in [1.29, 1.82) is 0 Å². The average Bonchev–Trinajstić information content (AvgIpc) is 3.09. The Morgan fingerprint density at radius 1 is 1.11 bits per heavy atom. The van der Waals surface area contributed by atoms with E-state index in [1.807, 2.05) is 29.9 Å². The molecular weight excluding hydrogens is 377 g/mol. The molecule has 0 radical (unpaired) electrons. The lowest BCUT2D eigenvalue weighted by Crippen LogP contribution is -2.47. The van der Waals surface area contributed by atoms with E-state index in [2.05, 4.69) is 25.3 Å². The van der Waals surface area contributed by atoms with Crippen LogP contribution in [0.1, 0.15) is 18.2 Å². The summed E-state index contributed by atoms with van der Waals surface area (Å²) in [5.41, 5.74) is 2.13. The number of fused-ring (bicyclic) bond motifs is 1. The number of hydrogen-bond donors (Lipinski definition) is 0. The highest BCUT2D eigenvalue weighted by Gasteiger charge is 2.29. The van der Waals surface area contributed by atoms with Crippen molar-refractivity contribution in [3.8, 4) is 0 Å². The van der Waals surface area contributed by atoms with Gasteiger partial charge < -0.3 is 9.47 Å². The van der Waals surface area contributed by atoms with Gasteiger partial charge in [0.15, 0.2) is 0 Å². The highest BCUT2D eigenvalue weighted by atomic mass is 32.2. The van der Waals surface area contributed by atoms with Crippen molar-refractivity contribution in [3.63, 3.8) is 0 Å². The van der Waals surface area contributed by atoms with Gasteiger partial charge in [0.05, 0.1) is 5.69 Å². The number of halogens is 1. The summed E-state index contributed by atoms with van der Waals surface area (Å²) in [6.07, 6.45) is 3.07. The third-order valence-electron chi connectivity index (χ3n) is 5.57. The van der Waals surface area contributed by atoms with Crippen molar-refractivity contribution in [2.45, 2.75) is 17.4 Å². The van der Waals surface area contributed by atoms with E-state index in [9.17, 15) is 9.30 Å². The number of aromatic nitrogens is 1. The summed E-state index contributed by atoms with van der Waals surface area (Å²) in [5, 5.41) is 3.35. The van der Waals surface area contributed by atoms with Gasteiger partial charge in [0.25, 0.3) is 0 Å². The molecular formula is C20H26FN5OS. The van der Waals surface area contributed by atoms with Crippen LogP contribution in [-0.4, -0.2) is 59.6 Å². The van der Waals surface area contributed by atoms with Gasteiger partial charge in [0.2, 0.25) is 0 Å². The number of nitroso groups, excluding NO2 is 1. The normalized spacial score (nSPS) is 20.9. The molecule has 0 spiro atoms. The lowest BCUT2D eigenvalue weighted by molar-refractivity contribution is 0.246. The first-order valence-electron chi connectivity index (χ1n) is 9.77. The monoisotopic (exact) mass is 403 g/mol. The fourth-order valence-electron chi connectivity index (χ4n) is 4.02. The molecule has 28 heavy (non-hydrogen) atoms. The summed E-state index contributed by atoms with van der Waals surface area (Å²) in [4.78, 5) is 17.2. The molecule has 4 rings (SSSR count). The van der Waals surface area contributed by atoms with E-state index < -0.39 is 0 Å². The van der Waals surface area contributed by atoms with Gasteiger partial charge >= 0.3 is 0 Å². The van der Waals surface area contributed by atoms with Gasteiger partial charge in [-0.05, 0) is 55.2 Å². The first kappa shape index (κ1) is 19.4. The Kier molecular flexibility index (Phi) is 5.99. The zero-order chi connectivity index (χ0) is 19.5. The Morgan fingerprint density at radius 2 is 1.86 bits per heavy atom. The zero-order valence-electron chi connectivity index (χ0n) is 16.1. The molecule has 0 amide bonds. The number of hydrogen-bond acceptors (Lipinski definition) is 6. The van der Waals surface area contributed by atoms with E-state index in [-0.39, 0.29) is 11.9 Å². The molecule has 1 unspecified atom stereocenters. The fourth-order valence-corrected chi connectivity index (χ4v) is 5.23. The molecule has 2 aliphatic heterocycles. The molecule has 0 N–H and O–H groups in total. The second-order valence-corrected chi connectivity index (χ2v) is 8.57. The average molecular weight is 404 g/mol. The summed E-state index contributed by atoms with van der Waals surface area (Å²) in [6, 6.07) is 8.55. The van der Waals surface area contributed by atoms with E-state index in [0.29, 0.717) is 6.54 Å². The molecule has 0 bridgehead atoms. The molecule has 6 nitrogen and oxygen atoms in total. The molecule has 1 aromatic carbocycles. The van der Waals surface area contributed by atoms with E-state index in [1.165, 1.54) is 12.1 Å². The molecule has 0 aliphatic carbocycles.